The van der Waals surface area contributed by atoms with Gasteiger partial charge in [-0.3, -0.25) is 14.4 Å². The average molecular weight is 553 g/mol. The van der Waals surface area contributed by atoms with Crippen molar-refractivity contribution in [3.05, 3.63) is 53.6 Å². The number of thioether (sulfide) groups is 1. The Labute approximate surface area is 235 Å². The maximum atomic E-state index is 14.7. The molecule has 7 nitrogen and oxygen atoms in total. The quantitative estimate of drug-likeness (QED) is 0.435. The molecule has 0 bridgehead atoms. The van der Waals surface area contributed by atoms with Crippen LogP contribution in [0.5, 0.6) is 0 Å². The van der Waals surface area contributed by atoms with Gasteiger partial charge in [-0.2, -0.15) is 0 Å². The van der Waals surface area contributed by atoms with Crippen molar-refractivity contribution in [2.75, 3.05) is 24.7 Å². The predicted octanol–water partition coefficient (Wildman–Crippen LogP) is 4.19. The summed E-state index contributed by atoms with van der Waals surface area (Å²) in [5.74, 6) is -1.99. The van der Waals surface area contributed by atoms with Gasteiger partial charge in [0.05, 0.1) is 35.8 Å². The van der Waals surface area contributed by atoms with E-state index in [1.165, 1.54) is 0 Å². The third kappa shape index (κ3) is 4.84. The van der Waals surface area contributed by atoms with E-state index in [1.54, 1.807) is 21.6 Å². The second kappa shape index (κ2) is 11.1. The SMILES string of the molecule is Cc1ccc(C)c(N2CC=C[C@]34S[C@@H]5/C=C\CCCCOC(=O)[C@@H]5[C@H]3C(=O)N([C@@H](CO)CC(C)C)C4C2=O)c1. The lowest BCUT2D eigenvalue weighted by molar-refractivity contribution is -0.153. The summed E-state index contributed by atoms with van der Waals surface area (Å²) in [7, 11) is 0. The first-order valence-electron chi connectivity index (χ1n) is 14.2. The van der Waals surface area contributed by atoms with E-state index in [9.17, 15) is 19.5 Å². The molecule has 2 fully saturated rings. The molecule has 1 unspecified atom stereocenters. The first-order valence-corrected chi connectivity index (χ1v) is 15.1. The molecule has 0 saturated carbocycles. The van der Waals surface area contributed by atoms with E-state index in [2.05, 4.69) is 6.08 Å². The maximum absolute atomic E-state index is 14.7. The summed E-state index contributed by atoms with van der Waals surface area (Å²) in [6.45, 7) is 8.55. The fraction of sp³-hybridized carbons (Fsp3) is 0.581. The molecule has 2 amide bonds. The van der Waals surface area contributed by atoms with Crippen LogP contribution in [-0.2, 0) is 19.1 Å². The van der Waals surface area contributed by atoms with Crippen LogP contribution in [0, 0.1) is 31.6 Å². The summed E-state index contributed by atoms with van der Waals surface area (Å²) in [5.41, 5.74) is 2.85. The summed E-state index contributed by atoms with van der Waals surface area (Å²) in [5, 5.41) is 10.2. The number of esters is 1. The van der Waals surface area contributed by atoms with Crippen molar-refractivity contribution in [3.8, 4) is 0 Å². The van der Waals surface area contributed by atoms with Gasteiger partial charge in [0.25, 0.3) is 5.91 Å². The van der Waals surface area contributed by atoms with Crippen molar-refractivity contribution in [1.82, 2.24) is 4.90 Å². The third-order valence-corrected chi connectivity index (χ3v) is 10.3. The fourth-order valence-electron chi connectivity index (χ4n) is 6.80. The number of allylic oxidation sites excluding steroid dienone is 1. The molecular weight excluding hydrogens is 512 g/mol. The molecule has 210 valence electrons. The highest BCUT2D eigenvalue weighted by atomic mass is 32.2. The van der Waals surface area contributed by atoms with Crippen molar-refractivity contribution >= 4 is 35.2 Å². The van der Waals surface area contributed by atoms with Crippen LogP contribution >= 0.6 is 11.8 Å². The zero-order valence-electron chi connectivity index (χ0n) is 23.3. The number of rotatable bonds is 5. The fourth-order valence-corrected chi connectivity index (χ4v) is 8.78. The number of fused-ring (bicyclic) bond motifs is 2. The molecule has 1 spiro atoms. The van der Waals surface area contributed by atoms with Gasteiger partial charge in [0.15, 0.2) is 0 Å². The Bertz CT molecular complexity index is 1200. The number of likely N-dealkylation sites (tertiary alicyclic amines) is 1. The maximum Gasteiger partial charge on any atom is 0.311 e. The van der Waals surface area contributed by atoms with Crippen LogP contribution < -0.4 is 4.90 Å². The second-order valence-corrected chi connectivity index (χ2v) is 13.3. The molecule has 2 saturated heterocycles. The first kappa shape index (κ1) is 28.0. The van der Waals surface area contributed by atoms with Gasteiger partial charge >= 0.3 is 5.97 Å². The molecule has 1 aromatic carbocycles. The lowest BCUT2D eigenvalue weighted by Gasteiger charge is -2.39. The second-order valence-electron chi connectivity index (χ2n) is 11.8. The molecule has 1 N–H and O–H groups in total. The van der Waals surface area contributed by atoms with E-state index < -0.39 is 28.7 Å². The van der Waals surface area contributed by atoms with Gasteiger partial charge in [-0.25, -0.2) is 0 Å². The van der Waals surface area contributed by atoms with Gasteiger partial charge in [0.2, 0.25) is 5.91 Å². The number of cyclic esters (lactones) is 1. The van der Waals surface area contributed by atoms with Gasteiger partial charge < -0.3 is 19.6 Å². The minimum Gasteiger partial charge on any atom is -0.465 e. The number of ether oxygens (including phenoxy) is 1. The number of nitrogens with zero attached hydrogens (tertiary/aromatic N) is 2. The number of amides is 2. The highest BCUT2D eigenvalue weighted by molar-refractivity contribution is 8.02. The summed E-state index contributed by atoms with van der Waals surface area (Å²) in [6, 6.07) is 4.69. The number of anilines is 1. The van der Waals surface area contributed by atoms with Gasteiger partial charge in [0, 0.05) is 17.5 Å². The molecule has 4 aliphatic heterocycles. The molecule has 8 heteroatoms. The molecule has 39 heavy (non-hydrogen) atoms. The average Bonchev–Trinajstić information content (AvgIpc) is 3.29. The minimum absolute atomic E-state index is 0.166. The first-order chi connectivity index (χ1) is 18.7. The number of benzene rings is 1. The van der Waals surface area contributed by atoms with E-state index in [1.807, 2.05) is 64.1 Å². The normalized spacial score (nSPS) is 32.4. The Morgan fingerprint density at radius 1 is 1.13 bits per heavy atom. The largest absolute Gasteiger partial charge is 0.465 e. The van der Waals surface area contributed by atoms with Crippen molar-refractivity contribution < 1.29 is 24.2 Å². The van der Waals surface area contributed by atoms with E-state index in [0.717, 1.165) is 36.1 Å². The standard InChI is InChI=1S/C31H40N2O5S/c1-19(2)16-22(18-34)33-27-29(36)32(23-17-20(3)11-12-21(23)4)14-9-13-31(27)26(28(33)35)25-24(39-31)10-7-5-6-8-15-38-30(25)37/h7,9-13,17,19,22,24-27,34H,5-6,8,14-16,18H2,1-4H3/b10-7-/t22-,24-,25+,26+,27?,31+/m1/s1. The zero-order valence-corrected chi connectivity index (χ0v) is 24.2. The summed E-state index contributed by atoms with van der Waals surface area (Å²) in [6.07, 6.45) is 11.3. The third-order valence-electron chi connectivity index (χ3n) is 8.54. The molecular formula is C31H40N2O5S. The Morgan fingerprint density at radius 3 is 2.67 bits per heavy atom. The lowest BCUT2D eigenvalue weighted by Crippen LogP contribution is -2.57. The number of hydrogen-bond donors (Lipinski definition) is 1. The molecule has 0 aromatic heterocycles. The van der Waals surface area contributed by atoms with Crippen LogP contribution in [0.15, 0.2) is 42.5 Å². The van der Waals surface area contributed by atoms with Gasteiger partial charge in [0.1, 0.15) is 6.04 Å². The molecule has 5 rings (SSSR count). The summed E-state index contributed by atoms with van der Waals surface area (Å²) in [4.78, 5) is 46.1. The summed E-state index contributed by atoms with van der Waals surface area (Å²) >= 11 is 1.55. The van der Waals surface area contributed by atoms with Crippen LogP contribution in [0.1, 0.15) is 50.7 Å². The van der Waals surface area contributed by atoms with Gasteiger partial charge in [-0.1, -0.05) is 50.3 Å². The van der Waals surface area contributed by atoms with E-state index in [0.29, 0.717) is 19.6 Å². The number of carbonyl (C=O) groups excluding carboxylic acids is 3. The highest BCUT2D eigenvalue weighted by Gasteiger charge is 2.71. The number of hydrogen-bond acceptors (Lipinski definition) is 6. The van der Waals surface area contributed by atoms with Crippen LogP contribution in [0.2, 0.25) is 0 Å². The molecule has 0 aliphatic carbocycles. The smallest absolute Gasteiger partial charge is 0.311 e. The van der Waals surface area contributed by atoms with Gasteiger partial charge in [-0.15, -0.1) is 11.8 Å². The molecule has 1 aromatic rings. The predicted molar refractivity (Wildman–Crippen MR) is 153 cm³/mol. The van der Waals surface area contributed by atoms with Crippen LogP contribution in [0.25, 0.3) is 0 Å². The number of aliphatic hydroxyl groups excluding tert-OH is 1. The zero-order chi connectivity index (χ0) is 27.9. The van der Waals surface area contributed by atoms with Crippen molar-refractivity contribution in [3.63, 3.8) is 0 Å². The van der Waals surface area contributed by atoms with Crippen LogP contribution in [-0.4, -0.2) is 69.6 Å². The monoisotopic (exact) mass is 552 g/mol. The molecule has 4 heterocycles. The van der Waals surface area contributed by atoms with Crippen LogP contribution in [0.4, 0.5) is 5.69 Å². The van der Waals surface area contributed by atoms with E-state index >= 15 is 0 Å². The topological polar surface area (TPSA) is 87.2 Å². The summed E-state index contributed by atoms with van der Waals surface area (Å²) < 4.78 is 4.77. The molecule has 4 aliphatic rings. The van der Waals surface area contributed by atoms with E-state index in [4.69, 9.17) is 4.74 Å². The van der Waals surface area contributed by atoms with Crippen molar-refractivity contribution in [2.24, 2.45) is 17.8 Å². The number of carbonyl (C=O) groups is 3. The molecule has 0 radical (unpaired) electrons. The lowest BCUT2D eigenvalue weighted by atomic mass is 9.78. The Kier molecular flexibility index (Phi) is 7.98. The van der Waals surface area contributed by atoms with Gasteiger partial charge in [-0.05, 0) is 62.6 Å². The Morgan fingerprint density at radius 2 is 1.92 bits per heavy atom. The highest BCUT2D eigenvalue weighted by Crippen LogP contribution is 2.61. The Hall–Kier alpha value is -2.58. The van der Waals surface area contributed by atoms with E-state index in [-0.39, 0.29) is 35.6 Å². The Balaban J connectivity index is 1.66. The minimum atomic E-state index is -0.933. The van der Waals surface area contributed by atoms with Crippen molar-refractivity contribution in [2.45, 2.75) is 75.5 Å². The number of aryl methyl sites for hydroxylation is 2. The van der Waals surface area contributed by atoms with Crippen molar-refractivity contribution in [1.29, 1.82) is 0 Å². The molecule has 6 atom stereocenters. The van der Waals surface area contributed by atoms with Crippen LogP contribution in [0.3, 0.4) is 0 Å². The number of aliphatic hydroxyl groups is 1.